The quantitative estimate of drug-likeness (QED) is 0.778. The smallest absolute Gasteiger partial charge is 0.272 e. The monoisotopic (exact) mass is 334 g/mol. The molecule has 0 fully saturated rings. The molecule has 0 aliphatic rings. The fourth-order valence-corrected chi connectivity index (χ4v) is 2.51. The van der Waals surface area contributed by atoms with Crippen molar-refractivity contribution in [2.75, 3.05) is 0 Å². The molecule has 0 bridgehead atoms. The highest BCUT2D eigenvalue weighted by Crippen LogP contribution is 2.15. The predicted octanol–water partition coefficient (Wildman–Crippen LogP) is 3.26. The fourth-order valence-electron chi connectivity index (χ4n) is 2.51. The van der Waals surface area contributed by atoms with Crippen molar-refractivity contribution >= 4 is 5.91 Å². The van der Waals surface area contributed by atoms with Crippen molar-refractivity contribution in [1.29, 1.82) is 5.26 Å². The van der Waals surface area contributed by atoms with Gasteiger partial charge in [-0.3, -0.25) is 9.89 Å². The van der Waals surface area contributed by atoms with Crippen LogP contribution in [0.15, 0.2) is 60.8 Å². The maximum Gasteiger partial charge on any atom is 0.272 e. The summed E-state index contributed by atoms with van der Waals surface area (Å²) in [6.45, 7) is 0.593. The Morgan fingerprint density at radius 3 is 2.52 bits per heavy atom. The molecule has 1 amide bonds. The maximum atomic E-state index is 13.5. The first-order valence-electron chi connectivity index (χ1n) is 7.68. The molecule has 25 heavy (non-hydrogen) atoms. The molecule has 6 heteroatoms. The number of aromatic nitrogens is 2. The van der Waals surface area contributed by atoms with Gasteiger partial charge in [-0.25, -0.2) is 4.39 Å². The Bertz CT molecular complexity index is 898. The summed E-state index contributed by atoms with van der Waals surface area (Å²) in [7, 11) is 0. The minimum Gasteiger partial charge on any atom is -0.329 e. The number of carbonyl (C=O) groups is 1. The van der Waals surface area contributed by atoms with Crippen LogP contribution in [0, 0.1) is 17.1 Å². The summed E-state index contributed by atoms with van der Waals surface area (Å²) in [6, 6.07) is 16.8. The zero-order valence-corrected chi connectivity index (χ0v) is 13.3. The molecule has 3 aromatic rings. The first-order valence-corrected chi connectivity index (χ1v) is 7.68. The number of carbonyl (C=O) groups excluding carboxylic acids is 1. The molecule has 0 aliphatic heterocycles. The van der Waals surface area contributed by atoms with E-state index in [1.807, 2.05) is 0 Å². The van der Waals surface area contributed by atoms with E-state index in [2.05, 4.69) is 16.3 Å². The Hall–Kier alpha value is -3.46. The zero-order valence-electron chi connectivity index (χ0n) is 13.3. The fraction of sp³-hybridized carbons (Fsp3) is 0.105. The van der Waals surface area contributed by atoms with Gasteiger partial charge in [0.1, 0.15) is 11.5 Å². The number of nitrogens with zero attached hydrogens (tertiary/aromatic N) is 3. The standard InChI is InChI=1S/C19H15FN4O/c20-17-3-1-2-16(10-17)13-24(19(25)18-8-9-22-23-18)12-15-6-4-14(11-21)5-7-15/h1-10H,12-13H2,(H,22,23). The molecule has 1 aromatic heterocycles. The van der Waals surface area contributed by atoms with E-state index in [9.17, 15) is 9.18 Å². The molecular weight excluding hydrogens is 319 g/mol. The van der Waals surface area contributed by atoms with Crippen molar-refractivity contribution in [3.8, 4) is 6.07 Å². The van der Waals surface area contributed by atoms with Gasteiger partial charge in [0.05, 0.1) is 11.6 Å². The van der Waals surface area contributed by atoms with Gasteiger partial charge in [0.2, 0.25) is 0 Å². The van der Waals surface area contributed by atoms with Crippen LogP contribution in [-0.2, 0) is 13.1 Å². The third-order valence-corrected chi connectivity index (χ3v) is 3.74. The average molecular weight is 334 g/mol. The number of amides is 1. The number of H-pyrrole nitrogens is 1. The molecule has 0 spiro atoms. The zero-order chi connectivity index (χ0) is 17.6. The molecule has 5 nitrogen and oxygen atoms in total. The van der Waals surface area contributed by atoms with Gasteiger partial charge in [-0.15, -0.1) is 0 Å². The van der Waals surface area contributed by atoms with Gasteiger partial charge in [-0.1, -0.05) is 24.3 Å². The van der Waals surface area contributed by atoms with Crippen molar-refractivity contribution in [1.82, 2.24) is 15.1 Å². The summed E-state index contributed by atoms with van der Waals surface area (Å²) in [4.78, 5) is 14.3. The van der Waals surface area contributed by atoms with Gasteiger partial charge in [-0.05, 0) is 41.5 Å². The Morgan fingerprint density at radius 2 is 1.88 bits per heavy atom. The number of aromatic amines is 1. The van der Waals surface area contributed by atoms with E-state index in [-0.39, 0.29) is 18.3 Å². The third kappa shape index (κ3) is 4.09. The third-order valence-electron chi connectivity index (χ3n) is 3.74. The van der Waals surface area contributed by atoms with Crippen molar-refractivity contribution < 1.29 is 9.18 Å². The molecule has 0 saturated heterocycles. The van der Waals surface area contributed by atoms with Crippen LogP contribution in [-0.4, -0.2) is 21.0 Å². The lowest BCUT2D eigenvalue weighted by Crippen LogP contribution is -2.30. The van der Waals surface area contributed by atoms with E-state index in [0.29, 0.717) is 23.4 Å². The lowest BCUT2D eigenvalue weighted by Gasteiger charge is -2.22. The van der Waals surface area contributed by atoms with Crippen LogP contribution >= 0.6 is 0 Å². The molecular formula is C19H15FN4O. The van der Waals surface area contributed by atoms with E-state index >= 15 is 0 Å². The van der Waals surface area contributed by atoms with Gasteiger partial charge >= 0.3 is 0 Å². The Balaban J connectivity index is 1.85. The Morgan fingerprint density at radius 1 is 1.12 bits per heavy atom. The normalized spacial score (nSPS) is 10.2. The molecule has 0 unspecified atom stereocenters. The SMILES string of the molecule is N#Cc1ccc(CN(Cc2cccc(F)c2)C(=O)c2ccn[nH]2)cc1. The van der Waals surface area contributed by atoms with Gasteiger partial charge in [0, 0.05) is 19.3 Å². The average Bonchev–Trinajstić information content (AvgIpc) is 3.16. The number of nitrogens with one attached hydrogen (secondary N) is 1. The van der Waals surface area contributed by atoms with E-state index in [0.717, 1.165) is 5.56 Å². The van der Waals surface area contributed by atoms with Crippen LogP contribution in [0.3, 0.4) is 0 Å². The van der Waals surface area contributed by atoms with Crippen molar-refractivity contribution in [3.63, 3.8) is 0 Å². The molecule has 1 N–H and O–H groups in total. The summed E-state index contributed by atoms with van der Waals surface area (Å²) < 4.78 is 13.5. The highest BCUT2D eigenvalue weighted by molar-refractivity contribution is 5.92. The number of halogens is 1. The maximum absolute atomic E-state index is 13.5. The molecule has 0 atom stereocenters. The summed E-state index contributed by atoms with van der Waals surface area (Å²) in [5.74, 6) is -0.573. The number of rotatable bonds is 5. The number of hydrogen-bond donors (Lipinski definition) is 1. The molecule has 2 aromatic carbocycles. The second-order valence-electron chi connectivity index (χ2n) is 5.57. The summed E-state index contributed by atoms with van der Waals surface area (Å²) in [5, 5.41) is 15.4. The Kier molecular flexibility index (Phi) is 4.86. The lowest BCUT2D eigenvalue weighted by atomic mass is 10.1. The van der Waals surface area contributed by atoms with Gasteiger partial charge in [0.25, 0.3) is 5.91 Å². The molecule has 3 rings (SSSR count). The summed E-state index contributed by atoms with van der Waals surface area (Å²) >= 11 is 0. The predicted molar refractivity (Wildman–Crippen MR) is 89.7 cm³/mol. The number of nitriles is 1. The number of benzene rings is 2. The minimum atomic E-state index is -0.343. The van der Waals surface area contributed by atoms with E-state index in [1.54, 1.807) is 47.4 Å². The van der Waals surface area contributed by atoms with Crippen LogP contribution in [0.5, 0.6) is 0 Å². The second-order valence-corrected chi connectivity index (χ2v) is 5.57. The molecule has 124 valence electrons. The van der Waals surface area contributed by atoms with Crippen LogP contribution in [0.1, 0.15) is 27.2 Å². The summed E-state index contributed by atoms with van der Waals surface area (Å²) in [5.41, 5.74) is 2.50. The van der Waals surface area contributed by atoms with Crippen LogP contribution < -0.4 is 0 Å². The number of hydrogen-bond acceptors (Lipinski definition) is 3. The summed E-state index contributed by atoms with van der Waals surface area (Å²) in [6.07, 6.45) is 1.51. The van der Waals surface area contributed by atoms with E-state index in [4.69, 9.17) is 5.26 Å². The van der Waals surface area contributed by atoms with Crippen LogP contribution in [0.2, 0.25) is 0 Å². The second kappa shape index (κ2) is 7.41. The van der Waals surface area contributed by atoms with Gasteiger partial charge in [0.15, 0.2) is 0 Å². The lowest BCUT2D eigenvalue weighted by molar-refractivity contribution is 0.0724. The first kappa shape index (κ1) is 16.4. The highest BCUT2D eigenvalue weighted by Gasteiger charge is 2.18. The molecule has 1 heterocycles. The first-order chi connectivity index (χ1) is 12.2. The Labute approximate surface area is 144 Å². The van der Waals surface area contributed by atoms with Crippen LogP contribution in [0.25, 0.3) is 0 Å². The topological polar surface area (TPSA) is 72.8 Å². The van der Waals surface area contributed by atoms with Crippen molar-refractivity contribution in [2.45, 2.75) is 13.1 Å². The molecule has 0 saturated carbocycles. The molecule has 0 radical (unpaired) electrons. The van der Waals surface area contributed by atoms with Crippen molar-refractivity contribution in [3.05, 3.63) is 89.0 Å². The van der Waals surface area contributed by atoms with Crippen LogP contribution in [0.4, 0.5) is 4.39 Å². The van der Waals surface area contributed by atoms with Crippen molar-refractivity contribution in [2.24, 2.45) is 0 Å². The van der Waals surface area contributed by atoms with Gasteiger partial charge in [-0.2, -0.15) is 10.4 Å². The molecule has 0 aliphatic carbocycles. The van der Waals surface area contributed by atoms with Gasteiger partial charge < -0.3 is 4.90 Å². The van der Waals surface area contributed by atoms with E-state index in [1.165, 1.54) is 18.3 Å². The minimum absolute atomic E-state index is 0.230. The highest BCUT2D eigenvalue weighted by atomic mass is 19.1. The largest absolute Gasteiger partial charge is 0.329 e. The van der Waals surface area contributed by atoms with E-state index < -0.39 is 0 Å².